The number of nitrogens with one attached hydrogen (secondary N) is 1. The Morgan fingerprint density at radius 3 is 2.43 bits per heavy atom. The van der Waals surface area contributed by atoms with E-state index in [1.165, 1.54) is 12.4 Å². The summed E-state index contributed by atoms with van der Waals surface area (Å²) < 4.78 is 42.2. The van der Waals surface area contributed by atoms with E-state index in [1.807, 2.05) is 37.3 Å². The highest BCUT2D eigenvalue weighted by molar-refractivity contribution is 5.90. The fourth-order valence-electron chi connectivity index (χ4n) is 4.25. The fourth-order valence-corrected chi connectivity index (χ4v) is 4.25. The maximum atomic E-state index is 13.5. The minimum Gasteiger partial charge on any atom is -0.353 e. The average molecular weight is 504 g/mol. The summed E-state index contributed by atoms with van der Waals surface area (Å²) in [7, 11) is 0. The van der Waals surface area contributed by atoms with Crippen molar-refractivity contribution < 1.29 is 13.2 Å². The molecule has 3 aromatic heterocycles. The van der Waals surface area contributed by atoms with Crippen LogP contribution in [0.2, 0.25) is 0 Å². The van der Waals surface area contributed by atoms with E-state index in [4.69, 9.17) is 10.7 Å². The number of benzene rings is 2. The zero-order valence-electron chi connectivity index (χ0n) is 19.9. The molecule has 0 aliphatic rings. The van der Waals surface area contributed by atoms with Crippen molar-refractivity contribution in [2.24, 2.45) is 5.73 Å². The van der Waals surface area contributed by atoms with Crippen molar-refractivity contribution in [3.63, 3.8) is 0 Å². The van der Waals surface area contributed by atoms with E-state index in [0.29, 0.717) is 46.9 Å². The smallest absolute Gasteiger partial charge is 0.353 e. The van der Waals surface area contributed by atoms with Crippen molar-refractivity contribution >= 4 is 11.6 Å². The topological polar surface area (TPSA) is 94.0 Å². The lowest BCUT2D eigenvalue weighted by molar-refractivity contribution is -0.137. The first-order chi connectivity index (χ1) is 17.7. The van der Waals surface area contributed by atoms with Crippen LogP contribution in [-0.2, 0) is 12.6 Å². The van der Waals surface area contributed by atoms with Crippen LogP contribution in [0.15, 0.2) is 85.5 Å². The predicted molar refractivity (Wildman–Crippen MR) is 136 cm³/mol. The van der Waals surface area contributed by atoms with Crippen LogP contribution in [0.1, 0.15) is 18.1 Å². The highest BCUT2D eigenvalue weighted by Gasteiger charge is 2.31. The summed E-state index contributed by atoms with van der Waals surface area (Å²) in [5, 5.41) is 11.6. The average Bonchev–Trinajstić information content (AvgIpc) is 3.37. The Hall–Kier alpha value is -4.31. The number of halogens is 3. The highest BCUT2D eigenvalue weighted by Crippen LogP contribution is 2.38. The van der Waals surface area contributed by atoms with Crippen molar-refractivity contribution in [3.05, 3.63) is 96.6 Å². The number of aromatic nitrogens is 5. The van der Waals surface area contributed by atoms with Crippen molar-refractivity contribution in [3.8, 4) is 22.4 Å². The molecule has 0 amide bonds. The molecule has 5 aromatic rings. The van der Waals surface area contributed by atoms with Crippen LogP contribution in [0.5, 0.6) is 0 Å². The maximum absolute atomic E-state index is 13.5. The van der Waals surface area contributed by atoms with Gasteiger partial charge in [0.1, 0.15) is 6.33 Å². The zero-order valence-corrected chi connectivity index (χ0v) is 19.9. The molecule has 3 heterocycles. The number of hydrogen-bond donors (Lipinski definition) is 2. The van der Waals surface area contributed by atoms with Gasteiger partial charge in [-0.05, 0) is 48.7 Å². The van der Waals surface area contributed by atoms with Crippen molar-refractivity contribution in [2.45, 2.75) is 25.1 Å². The second-order valence-electron chi connectivity index (χ2n) is 9.17. The van der Waals surface area contributed by atoms with Crippen molar-refractivity contribution in [1.82, 2.24) is 24.6 Å². The maximum Gasteiger partial charge on any atom is 0.416 e. The van der Waals surface area contributed by atoms with Gasteiger partial charge in [0.2, 0.25) is 5.95 Å². The third-order valence-electron chi connectivity index (χ3n) is 5.99. The number of pyridine rings is 1. The molecule has 0 radical (unpaired) electrons. The van der Waals surface area contributed by atoms with Crippen molar-refractivity contribution in [1.29, 1.82) is 0 Å². The van der Waals surface area contributed by atoms with E-state index < -0.39 is 17.3 Å². The van der Waals surface area contributed by atoms with Gasteiger partial charge in [-0.25, -0.2) is 4.98 Å². The Labute approximate surface area is 211 Å². The quantitative estimate of drug-likeness (QED) is 0.315. The molecule has 3 N–H and O–H groups in total. The Balaban J connectivity index is 1.59. The standard InChI is InChI=1S/C27H24F3N7/c1-26(31,15-18-6-3-2-4-7-18)16-33-25-35-23(19-10-12-32-13-11-19)22(24-36-34-17-37(24)25)20-8-5-9-21(14-20)27(28,29)30/h2-14,17H,15-16,31H2,1H3,(H,33,35)/t26-/m1/s1. The largest absolute Gasteiger partial charge is 0.416 e. The van der Waals surface area contributed by atoms with Gasteiger partial charge in [-0.15, -0.1) is 10.2 Å². The molecular weight excluding hydrogens is 479 g/mol. The number of fused-ring (bicyclic) bond motifs is 1. The number of hydrogen-bond acceptors (Lipinski definition) is 6. The normalized spacial score (nSPS) is 13.4. The van der Waals surface area contributed by atoms with E-state index in [1.54, 1.807) is 35.0 Å². The van der Waals surface area contributed by atoms with Gasteiger partial charge < -0.3 is 11.1 Å². The molecule has 7 nitrogen and oxygen atoms in total. The second-order valence-corrected chi connectivity index (χ2v) is 9.17. The third kappa shape index (κ3) is 5.29. The third-order valence-corrected chi connectivity index (χ3v) is 5.99. The van der Waals surface area contributed by atoms with Crippen LogP contribution >= 0.6 is 0 Å². The molecule has 188 valence electrons. The zero-order chi connectivity index (χ0) is 26.0. The molecule has 0 saturated heterocycles. The first kappa shape index (κ1) is 24.4. The van der Waals surface area contributed by atoms with Crippen LogP contribution in [0.4, 0.5) is 19.1 Å². The number of nitrogens with zero attached hydrogens (tertiary/aromatic N) is 5. The lowest BCUT2D eigenvalue weighted by atomic mass is 9.94. The van der Waals surface area contributed by atoms with E-state index in [9.17, 15) is 13.2 Å². The molecule has 5 rings (SSSR count). The van der Waals surface area contributed by atoms with E-state index in [0.717, 1.165) is 17.7 Å². The van der Waals surface area contributed by atoms with E-state index >= 15 is 0 Å². The predicted octanol–water partition coefficient (Wildman–Crippen LogP) is 5.24. The molecule has 0 saturated carbocycles. The summed E-state index contributed by atoms with van der Waals surface area (Å²) in [4.78, 5) is 8.89. The van der Waals surface area contributed by atoms with Gasteiger partial charge >= 0.3 is 6.18 Å². The summed E-state index contributed by atoms with van der Waals surface area (Å²) in [6.45, 7) is 2.32. The van der Waals surface area contributed by atoms with Crippen molar-refractivity contribution in [2.75, 3.05) is 11.9 Å². The summed E-state index contributed by atoms with van der Waals surface area (Å²) in [6, 6.07) is 18.5. The summed E-state index contributed by atoms with van der Waals surface area (Å²) >= 11 is 0. The second kappa shape index (κ2) is 9.62. The van der Waals surface area contributed by atoms with E-state index in [2.05, 4.69) is 20.5 Å². The number of anilines is 1. The molecule has 10 heteroatoms. The van der Waals surface area contributed by atoms with E-state index in [-0.39, 0.29) is 0 Å². The van der Waals surface area contributed by atoms with Gasteiger partial charge in [-0.3, -0.25) is 9.38 Å². The van der Waals surface area contributed by atoms with Crippen LogP contribution in [0.3, 0.4) is 0 Å². The molecule has 37 heavy (non-hydrogen) atoms. The molecule has 2 aromatic carbocycles. The number of rotatable bonds is 7. The monoisotopic (exact) mass is 503 g/mol. The minimum atomic E-state index is -4.49. The number of nitrogens with two attached hydrogens (primary N) is 1. The SMILES string of the molecule is C[C@](N)(CNc1nc(-c2ccncc2)c(-c2cccc(C(F)(F)F)c2)c2nncn12)Cc1ccccc1. The van der Waals surface area contributed by atoms with Crippen LogP contribution < -0.4 is 11.1 Å². The Kier molecular flexibility index (Phi) is 6.34. The molecule has 0 aliphatic heterocycles. The Morgan fingerprint density at radius 1 is 0.946 bits per heavy atom. The summed E-state index contributed by atoms with van der Waals surface area (Å²) in [5.74, 6) is 0.423. The lowest BCUT2D eigenvalue weighted by Gasteiger charge is -2.26. The molecule has 0 unspecified atom stereocenters. The molecular formula is C27H24F3N7. The van der Waals surface area contributed by atoms with Gasteiger partial charge in [-0.2, -0.15) is 13.2 Å². The van der Waals surface area contributed by atoms with Gasteiger partial charge in [0.15, 0.2) is 5.65 Å². The molecule has 0 fully saturated rings. The Bertz CT molecular complexity index is 1510. The Morgan fingerprint density at radius 2 is 1.70 bits per heavy atom. The lowest BCUT2D eigenvalue weighted by Crippen LogP contribution is -2.45. The minimum absolute atomic E-state index is 0.325. The summed E-state index contributed by atoms with van der Waals surface area (Å²) in [5.41, 5.74) is 8.58. The fraction of sp³-hybridized carbons (Fsp3) is 0.185. The first-order valence-corrected chi connectivity index (χ1v) is 11.6. The van der Waals surface area contributed by atoms with Gasteiger partial charge in [-0.1, -0.05) is 42.5 Å². The first-order valence-electron chi connectivity index (χ1n) is 11.6. The molecule has 0 aliphatic carbocycles. The van der Waals surface area contributed by atoms with Crippen LogP contribution in [0, 0.1) is 0 Å². The molecule has 0 bridgehead atoms. The van der Waals surface area contributed by atoms with Crippen LogP contribution in [0.25, 0.3) is 28.0 Å². The number of alkyl halides is 3. The van der Waals surface area contributed by atoms with Gasteiger partial charge in [0.25, 0.3) is 0 Å². The molecule has 1 atom stereocenters. The van der Waals surface area contributed by atoms with Gasteiger partial charge in [0, 0.05) is 30.0 Å². The van der Waals surface area contributed by atoms with Gasteiger partial charge in [0.05, 0.1) is 16.8 Å². The van der Waals surface area contributed by atoms with Crippen LogP contribution in [-0.4, -0.2) is 36.6 Å². The highest BCUT2D eigenvalue weighted by atomic mass is 19.4. The molecule has 0 spiro atoms. The summed E-state index contributed by atoms with van der Waals surface area (Å²) in [6.07, 6.45) is 0.820.